The van der Waals surface area contributed by atoms with Crippen molar-refractivity contribution in [3.63, 3.8) is 0 Å². The number of hydrogen-bond donors (Lipinski definition) is 2. The lowest BCUT2D eigenvalue weighted by molar-refractivity contribution is -0.121. The molecule has 1 aliphatic heterocycles. The number of aliphatic hydroxyl groups is 1. The summed E-state index contributed by atoms with van der Waals surface area (Å²) >= 11 is 6.17. The minimum Gasteiger partial charge on any atom is -0.486 e. The lowest BCUT2D eigenvalue weighted by atomic mass is 10.0. The third-order valence-electron chi connectivity index (χ3n) is 4.11. The van der Waals surface area contributed by atoms with Crippen LogP contribution in [0.5, 0.6) is 11.5 Å². The van der Waals surface area contributed by atoms with Gasteiger partial charge in [-0.05, 0) is 30.7 Å². The number of fused-ring (bicyclic) bond motifs is 1. The van der Waals surface area contributed by atoms with Crippen LogP contribution in [0.15, 0.2) is 36.4 Å². The van der Waals surface area contributed by atoms with Gasteiger partial charge in [-0.25, -0.2) is 4.39 Å². The van der Waals surface area contributed by atoms with Gasteiger partial charge >= 0.3 is 0 Å². The van der Waals surface area contributed by atoms with Gasteiger partial charge in [0.05, 0.1) is 17.5 Å². The summed E-state index contributed by atoms with van der Waals surface area (Å²) in [5.74, 6) is 0.150. The Balaban J connectivity index is 1.65. The predicted octanol–water partition coefficient (Wildman–Crippen LogP) is 3.03. The first kappa shape index (κ1) is 18.5. The fourth-order valence-corrected chi connectivity index (χ4v) is 3.11. The predicted molar refractivity (Wildman–Crippen MR) is 95.1 cm³/mol. The van der Waals surface area contributed by atoms with E-state index in [0.29, 0.717) is 35.3 Å². The molecular formula is C19H19ClFNO4. The smallest absolute Gasteiger partial charge is 0.224 e. The van der Waals surface area contributed by atoms with Crippen molar-refractivity contribution >= 4 is 17.5 Å². The second-order valence-corrected chi connectivity index (χ2v) is 6.51. The minimum atomic E-state index is -1.15. The number of benzene rings is 2. The quantitative estimate of drug-likeness (QED) is 0.838. The van der Waals surface area contributed by atoms with Crippen molar-refractivity contribution < 1.29 is 23.8 Å². The lowest BCUT2D eigenvalue weighted by Crippen LogP contribution is -2.38. The molecule has 2 N–H and O–H groups in total. The molecular weight excluding hydrogens is 361 g/mol. The van der Waals surface area contributed by atoms with Crippen molar-refractivity contribution in [2.45, 2.75) is 25.5 Å². The van der Waals surface area contributed by atoms with Crippen LogP contribution in [0, 0.1) is 5.82 Å². The summed E-state index contributed by atoms with van der Waals surface area (Å²) in [7, 11) is 0. The topological polar surface area (TPSA) is 67.8 Å². The zero-order valence-corrected chi connectivity index (χ0v) is 14.9. The molecule has 5 nitrogen and oxygen atoms in total. The average Bonchev–Trinajstić information content (AvgIpc) is 2.61. The van der Waals surface area contributed by atoms with Crippen molar-refractivity contribution in [1.82, 2.24) is 5.32 Å². The maximum atomic E-state index is 13.8. The first-order chi connectivity index (χ1) is 12.5. The van der Waals surface area contributed by atoms with Crippen LogP contribution in [0.25, 0.3) is 0 Å². The molecule has 3 rings (SSSR count). The van der Waals surface area contributed by atoms with Crippen LogP contribution in [-0.4, -0.2) is 30.3 Å². The maximum Gasteiger partial charge on any atom is 0.224 e. The number of carbonyl (C=O) groups excluding carboxylic acids is 1. The molecule has 1 aliphatic rings. The third kappa shape index (κ3) is 4.08. The van der Waals surface area contributed by atoms with E-state index in [4.69, 9.17) is 21.1 Å². The number of rotatable bonds is 5. The van der Waals surface area contributed by atoms with Gasteiger partial charge in [0.15, 0.2) is 11.5 Å². The molecule has 1 amide bonds. The van der Waals surface area contributed by atoms with E-state index in [1.165, 1.54) is 12.1 Å². The zero-order valence-electron chi connectivity index (χ0n) is 14.2. The minimum absolute atomic E-state index is 0.0463. The number of hydrogen-bond acceptors (Lipinski definition) is 4. The summed E-state index contributed by atoms with van der Waals surface area (Å²) in [5, 5.41) is 13.3. The number of amides is 1. The molecule has 0 radical (unpaired) electrons. The van der Waals surface area contributed by atoms with Crippen molar-refractivity contribution in [2.24, 2.45) is 0 Å². The molecule has 7 heteroatoms. The molecule has 2 unspecified atom stereocenters. The Kier molecular flexibility index (Phi) is 5.64. The van der Waals surface area contributed by atoms with Crippen LogP contribution in [0.3, 0.4) is 0 Å². The first-order valence-corrected chi connectivity index (χ1v) is 8.63. The third-order valence-corrected chi connectivity index (χ3v) is 4.39. The van der Waals surface area contributed by atoms with Gasteiger partial charge in [0, 0.05) is 5.56 Å². The number of aliphatic hydroxyl groups excluding tert-OH is 1. The van der Waals surface area contributed by atoms with Crippen LogP contribution >= 0.6 is 11.6 Å². The summed E-state index contributed by atoms with van der Waals surface area (Å²) in [6, 6.07) is 8.62. The standard InChI is InChI=1S/C19H19ClFNO4/c1-11(18(24)13-4-2-3-5-15(13)21)22-17(23)10-12-8-14(20)19-16(9-12)25-6-7-26-19/h2-5,8-9,11,18,24H,6-7,10H2,1H3,(H,22,23). The van der Waals surface area contributed by atoms with E-state index in [-0.39, 0.29) is 17.9 Å². The van der Waals surface area contributed by atoms with Crippen LogP contribution in [0.1, 0.15) is 24.2 Å². The van der Waals surface area contributed by atoms with Gasteiger partial charge in [0.2, 0.25) is 5.91 Å². The molecule has 2 aromatic rings. The molecule has 1 heterocycles. The normalized spacial score (nSPS) is 15.2. The van der Waals surface area contributed by atoms with Gasteiger partial charge in [-0.2, -0.15) is 0 Å². The average molecular weight is 380 g/mol. The van der Waals surface area contributed by atoms with E-state index in [9.17, 15) is 14.3 Å². The molecule has 26 heavy (non-hydrogen) atoms. The van der Waals surface area contributed by atoms with Gasteiger partial charge in [-0.3, -0.25) is 4.79 Å². The fourth-order valence-electron chi connectivity index (χ4n) is 2.82. The van der Waals surface area contributed by atoms with Crippen LogP contribution in [-0.2, 0) is 11.2 Å². The zero-order chi connectivity index (χ0) is 18.7. The molecule has 0 aliphatic carbocycles. The van der Waals surface area contributed by atoms with Crippen molar-refractivity contribution in [3.8, 4) is 11.5 Å². The van der Waals surface area contributed by atoms with Gasteiger partial charge in [0.25, 0.3) is 0 Å². The van der Waals surface area contributed by atoms with Crippen molar-refractivity contribution in [1.29, 1.82) is 0 Å². The highest BCUT2D eigenvalue weighted by molar-refractivity contribution is 6.32. The largest absolute Gasteiger partial charge is 0.486 e. The molecule has 0 spiro atoms. The van der Waals surface area contributed by atoms with Gasteiger partial charge in [-0.15, -0.1) is 0 Å². The summed E-state index contributed by atoms with van der Waals surface area (Å²) in [4.78, 5) is 12.3. The number of carbonyl (C=O) groups is 1. The van der Waals surface area contributed by atoms with Gasteiger partial charge in [0.1, 0.15) is 25.1 Å². The number of halogens is 2. The Morgan fingerprint density at radius 3 is 2.81 bits per heavy atom. The highest BCUT2D eigenvalue weighted by Crippen LogP contribution is 2.38. The van der Waals surface area contributed by atoms with Gasteiger partial charge < -0.3 is 19.9 Å². The summed E-state index contributed by atoms with van der Waals surface area (Å²) in [5.41, 5.74) is 0.798. The molecule has 2 aromatic carbocycles. The van der Waals surface area contributed by atoms with E-state index >= 15 is 0 Å². The summed E-state index contributed by atoms with van der Waals surface area (Å²) in [6.45, 7) is 2.47. The molecule has 0 aromatic heterocycles. The van der Waals surface area contributed by atoms with Crippen LogP contribution in [0.4, 0.5) is 4.39 Å². The van der Waals surface area contributed by atoms with Gasteiger partial charge in [-0.1, -0.05) is 29.8 Å². The van der Waals surface area contributed by atoms with E-state index in [2.05, 4.69) is 5.32 Å². The van der Waals surface area contributed by atoms with E-state index < -0.39 is 18.0 Å². The Morgan fingerprint density at radius 1 is 1.31 bits per heavy atom. The molecule has 0 bridgehead atoms. The molecule has 2 atom stereocenters. The van der Waals surface area contributed by atoms with Crippen molar-refractivity contribution in [3.05, 3.63) is 58.4 Å². The monoisotopic (exact) mass is 379 g/mol. The Labute approximate surface area is 155 Å². The SMILES string of the molecule is CC(NC(=O)Cc1cc(Cl)c2c(c1)OCCO2)C(O)c1ccccc1F. The lowest BCUT2D eigenvalue weighted by Gasteiger charge is -2.22. The Hall–Kier alpha value is -2.31. The number of nitrogens with one attached hydrogen (secondary N) is 1. The number of ether oxygens (including phenoxy) is 2. The highest BCUT2D eigenvalue weighted by Gasteiger charge is 2.22. The maximum absolute atomic E-state index is 13.8. The molecule has 138 valence electrons. The Morgan fingerprint density at radius 2 is 2.04 bits per heavy atom. The van der Waals surface area contributed by atoms with Crippen LogP contribution in [0.2, 0.25) is 5.02 Å². The van der Waals surface area contributed by atoms with Crippen LogP contribution < -0.4 is 14.8 Å². The van der Waals surface area contributed by atoms with Crippen molar-refractivity contribution in [2.75, 3.05) is 13.2 Å². The summed E-state index contributed by atoms with van der Waals surface area (Å²) in [6.07, 6.45) is -1.10. The molecule has 0 saturated heterocycles. The Bertz CT molecular complexity index is 814. The van der Waals surface area contributed by atoms with E-state index in [1.54, 1.807) is 31.2 Å². The molecule has 0 fully saturated rings. The highest BCUT2D eigenvalue weighted by atomic mass is 35.5. The van der Waals surface area contributed by atoms with E-state index in [0.717, 1.165) is 0 Å². The van der Waals surface area contributed by atoms with E-state index in [1.807, 2.05) is 0 Å². The first-order valence-electron chi connectivity index (χ1n) is 8.25. The molecule has 0 saturated carbocycles. The second kappa shape index (κ2) is 7.93. The summed E-state index contributed by atoms with van der Waals surface area (Å²) < 4.78 is 24.7. The second-order valence-electron chi connectivity index (χ2n) is 6.10. The fraction of sp³-hybridized carbons (Fsp3) is 0.316.